The van der Waals surface area contributed by atoms with Crippen molar-refractivity contribution in [3.05, 3.63) is 22.4 Å². The second kappa shape index (κ2) is 5.70. The molecule has 1 aromatic rings. The summed E-state index contributed by atoms with van der Waals surface area (Å²) in [5.74, 6) is -0.283. The molecular formula is C14H19NO4S2. The molecule has 1 N–H and O–H groups in total. The Morgan fingerprint density at radius 1 is 1.48 bits per heavy atom. The number of rotatable bonds is 5. The summed E-state index contributed by atoms with van der Waals surface area (Å²) in [6, 6.07) is 3.86. The summed E-state index contributed by atoms with van der Waals surface area (Å²) in [5, 5.41) is 11.1. The molecule has 2 aliphatic rings. The van der Waals surface area contributed by atoms with E-state index in [4.69, 9.17) is 5.11 Å². The highest BCUT2D eigenvalue weighted by atomic mass is 32.2. The first kappa shape index (κ1) is 15.0. The second-order valence-corrected chi connectivity index (χ2v) is 9.11. The van der Waals surface area contributed by atoms with Crippen molar-refractivity contribution >= 4 is 27.1 Å². The van der Waals surface area contributed by atoms with E-state index in [0.717, 1.165) is 12.8 Å². The van der Waals surface area contributed by atoms with Gasteiger partial charge in [-0.15, -0.1) is 11.3 Å². The zero-order valence-corrected chi connectivity index (χ0v) is 13.3. The minimum absolute atomic E-state index is 0.0338. The Morgan fingerprint density at radius 2 is 2.24 bits per heavy atom. The minimum Gasteiger partial charge on any atom is -0.481 e. The number of aliphatic carboxylic acids is 1. The smallest absolute Gasteiger partial charge is 0.304 e. The number of carboxylic acid groups (broad SMARTS) is 1. The monoisotopic (exact) mass is 329 g/mol. The van der Waals surface area contributed by atoms with Crippen molar-refractivity contribution in [1.82, 2.24) is 4.90 Å². The van der Waals surface area contributed by atoms with Crippen LogP contribution in [0.4, 0.5) is 0 Å². The van der Waals surface area contributed by atoms with E-state index in [2.05, 4.69) is 11.0 Å². The van der Waals surface area contributed by atoms with Crippen LogP contribution in [-0.4, -0.2) is 48.5 Å². The maximum Gasteiger partial charge on any atom is 0.304 e. The van der Waals surface area contributed by atoms with Crippen LogP contribution < -0.4 is 0 Å². The zero-order chi connectivity index (χ0) is 15.0. The Kier molecular flexibility index (Phi) is 4.07. The molecule has 1 aliphatic carbocycles. The van der Waals surface area contributed by atoms with Crippen LogP contribution in [0.15, 0.2) is 17.5 Å². The lowest BCUT2D eigenvalue weighted by Gasteiger charge is -2.40. The Balaban J connectivity index is 1.87. The van der Waals surface area contributed by atoms with Gasteiger partial charge in [-0.25, -0.2) is 8.42 Å². The minimum atomic E-state index is -3.12. The summed E-state index contributed by atoms with van der Waals surface area (Å²) in [6.45, 7) is 0.444. The molecular weight excluding hydrogens is 310 g/mol. The highest BCUT2D eigenvalue weighted by Gasteiger charge is 2.43. The topological polar surface area (TPSA) is 74.7 Å². The fourth-order valence-electron chi connectivity index (χ4n) is 3.18. The van der Waals surface area contributed by atoms with Crippen molar-refractivity contribution in [2.24, 2.45) is 5.92 Å². The van der Waals surface area contributed by atoms with Crippen molar-refractivity contribution < 1.29 is 18.3 Å². The van der Waals surface area contributed by atoms with Crippen molar-refractivity contribution in [2.45, 2.75) is 31.3 Å². The van der Waals surface area contributed by atoms with E-state index >= 15 is 0 Å². The fraction of sp³-hybridized carbons (Fsp3) is 0.643. The number of carbonyl (C=O) groups is 1. The van der Waals surface area contributed by atoms with Crippen LogP contribution in [0.3, 0.4) is 0 Å². The molecule has 2 atom stereocenters. The summed E-state index contributed by atoms with van der Waals surface area (Å²) in [6.07, 6.45) is 2.19. The summed E-state index contributed by atoms with van der Waals surface area (Å²) in [5.41, 5.74) is 0. The molecule has 3 rings (SSSR count). The van der Waals surface area contributed by atoms with Crippen LogP contribution in [0.5, 0.6) is 0 Å². The first-order valence-electron chi connectivity index (χ1n) is 7.17. The average Bonchev–Trinajstić information content (AvgIpc) is 3.06. The lowest BCUT2D eigenvalue weighted by atomic mass is 10.0. The third kappa shape index (κ3) is 3.46. The second-order valence-electron chi connectivity index (χ2n) is 5.90. The van der Waals surface area contributed by atoms with E-state index in [0.29, 0.717) is 12.5 Å². The highest BCUT2D eigenvalue weighted by Crippen LogP contribution is 2.47. The summed E-state index contributed by atoms with van der Waals surface area (Å²) < 4.78 is 23.7. The first-order chi connectivity index (χ1) is 9.96. The van der Waals surface area contributed by atoms with Crippen LogP contribution >= 0.6 is 11.3 Å². The Morgan fingerprint density at radius 3 is 2.81 bits per heavy atom. The highest BCUT2D eigenvalue weighted by molar-refractivity contribution is 7.91. The number of hydrogen-bond acceptors (Lipinski definition) is 5. The van der Waals surface area contributed by atoms with Gasteiger partial charge in [0.15, 0.2) is 9.84 Å². The van der Waals surface area contributed by atoms with Crippen LogP contribution in [-0.2, 0) is 14.6 Å². The van der Waals surface area contributed by atoms with E-state index in [9.17, 15) is 13.2 Å². The summed E-state index contributed by atoms with van der Waals surface area (Å²) in [7, 11) is -3.12. The Bertz CT molecular complexity index is 607. The molecule has 1 saturated heterocycles. The predicted molar refractivity (Wildman–Crippen MR) is 81.2 cm³/mol. The maximum absolute atomic E-state index is 11.9. The van der Waals surface area contributed by atoms with Gasteiger partial charge >= 0.3 is 5.97 Å². The SMILES string of the molecule is O=C(O)CC1CS(=O)(=O)CCN1C(c1cccs1)C1CC1. The van der Waals surface area contributed by atoms with Crippen molar-refractivity contribution in [3.8, 4) is 0 Å². The summed E-state index contributed by atoms with van der Waals surface area (Å²) >= 11 is 1.68. The number of hydrogen-bond donors (Lipinski definition) is 1. The standard InChI is InChI=1S/C14H19NO4S2/c16-13(17)8-11-9-21(18,19)7-5-15(11)14(10-3-4-10)12-2-1-6-20-12/h1-2,6,10-11,14H,3-5,7-9H2,(H,16,17). The van der Waals surface area contributed by atoms with Gasteiger partial charge in [-0.2, -0.15) is 0 Å². The van der Waals surface area contributed by atoms with Gasteiger partial charge in [-0.3, -0.25) is 9.69 Å². The van der Waals surface area contributed by atoms with E-state index in [-0.39, 0.29) is 24.0 Å². The molecule has 21 heavy (non-hydrogen) atoms. The predicted octanol–water partition coefficient (Wildman–Crippen LogP) is 1.77. The van der Waals surface area contributed by atoms with Crippen LogP contribution in [0.1, 0.15) is 30.2 Å². The van der Waals surface area contributed by atoms with E-state index < -0.39 is 21.8 Å². The normalized spacial score (nSPS) is 27.3. The molecule has 2 fully saturated rings. The summed E-state index contributed by atoms with van der Waals surface area (Å²) in [4.78, 5) is 14.5. The van der Waals surface area contributed by atoms with Crippen molar-refractivity contribution in [2.75, 3.05) is 18.1 Å². The molecule has 7 heteroatoms. The fourth-order valence-corrected chi connectivity index (χ4v) is 5.67. The van der Waals surface area contributed by atoms with Crippen molar-refractivity contribution in [3.63, 3.8) is 0 Å². The Labute approximate surface area is 128 Å². The van der Waals surface area contributed by atoms with Gasteiger partial charge < -0.3 is 5.11 Å². The van der Waals surface area contributed by atoms with Gasteiger partial charge in [0.25, 0.3) is 0 Å². The third-order valence-corrected chi connectivity index (χ3v) is 6.89. The molecule has 1 saturated carbocycles. The molecule has 2 heterocycles. The Hall–Kier alpha value is -0.920. The zero-order valence-electron chi connectivity index (χ0n) is 11.6. The molecule has 2 unspecified atom stereocenters. The van der Waals surface area contributed by atoms with E-state index in [1.165, 1.54) is 4.88 Å². The molecule has 0 bridgehead atoms. The van der Waals surface area contributed by atoms with E-state index in [1.54, 1.807) is 11.3 Å². The average molecular weight is 329 g/mol. The molecule has 0 radical (unpaired) electrons. The number of carboxylic acids is 1. The largest absolute Gasteiger partial charge is 0.481 e. The van der Waals surface area contributed by atoms with Gasteiger partial charge in [-0.05, 0) is 30.2 Å². The lowest BCUT2D eigenvalue weighted by Crippen LogP contribution is -2.51. The molecule has 116 valence electrons. The maximum atomic E-state index is 11.9. The molecule has 0 aromatic carbocycles. The first-order valence-corrected chi connectivity index (χ1v) is 9.88. The van der Waals surface area contributed by atoms with Crippen molar-refractivity contribution in [1.29, 1.82) is 0 Å². The lowest BCUT2D eigenvalue weighted by molar-refractivity contribution is -0.138. The van der Waals surface area contributed by atoms with Gasteiger partial charge in [0, 0.05) is 23.5 Å². The molecule has 1 aromatic heterocycles. The van der Waals surface area contributed by atoms with E-state index in [1.807, 2.05) is 11.4 Å². The molecule has 1 aliphatic heterocycles. The number of nitrogens with zero attached hydrogens (tertiary/aromatic N) is 1. The molecule has 0 spiro atoms. The van der Waals surface area contributed by atoms with Gasteiger partial charge in [0.05, 0.1) is 17.9 Å². The van der Waals surface area contributed by atoms with Crippen LogP contribution in [0.2, 0.25) is 0 Å². The quantitative estimate of drug-likeness (QED) is 0.891. The third-order valence-electron chi connectivity index (χ3n) is 4.25. The molecule has 5 nitrogen and oxygen atoms in total. The molecule has 0 amide bonds. The van der Waals surface area contributed by atoms with Gasteiger partial charge in [0.2, 0.25) is 0 Å². The van der Waals surface area contributed by atoms with Crippen LogP contribution in [0.25, 0.3) is 0 Å². The number of thiophene rings is 1. The van der Waals surface area contributed by atoms with Gasteiger partial charge in [0.1, 0.15) is 0 Å². The van der Waals surface area contributed by atoms with Gasteiger partial charge in [-0.1, -0.05) is 6.07 Å². The number of sulfone groups is 1. The van der Waals surface area contributed by atoms with Crippen LogP contribution in [0, 0.1) is 5.92 Å².